The Morgan fingerprint density at radius 3 is 0.982 bits per heavy atom. The van der Waals surface area contributed by atoms with Crippen LogP contribution in [0.3, 0.4) is 0 Å². The first kappa shape index (κ1) is 46.3. The minimum Gasteiger partial charge on any atom is -0.463 e. The van der Waals surface area contributed by atoms with E-state index in [2.05, 4.69) is 0 Å². The molecule has 2 saturated heterocycles. The molecule has 0 radical (unpaired) electrons. The molecule has 0 N–H and O–H groups in total. The number of hydrogen-bond donors (Lipinski definition) is 0. The molecule has 2 fully saturated rings. The smallest absolute Gasteiger partial charge is 0.303 e. The molecule has 0 amide bonds. The van der Waals surface area contributed by atoms with Gasteiger partial charge in [-0.25, -0.2) is 0 Å². The van der Waals surface area contributed by atoms with Crippen molar-refractivity contribution in [2.24, 2.45) is 0 Å². The standard InChI is InChI=1S/C34H40I2O20/c1-13(37)45-11-25-27(47-15(3)39)29(49-17(5)41)31(51-19(7)43)33(55-25)53-23-9-22(36)24(10-21(23)35)54-34-32(52-20(8)44)30(50-18(6)42)28(48-16(4)40)26(56-34)12-46-14(2)38/h9-10,25-34H,11-12H2,1-8H3/t25-,26-,27-,28-,29+,30+,31-,32-,33+,34+/m0/s1. The highest BCUT2D eigenvalue weighted by molar-refractivity contribution is 14.1. The topological polar surface area (TPSA) is 247 Å². The summed E-state index contributed by atoms with van der Waals surface area (Å²) in [6, 6.07) is 2.94. The molecule has 0 unspecified atom stereocenters. The predicted octanol–water partition coefficient (Wildman–Crippen LogP) is 1.82. The average molecular weight is 1020 g/mol. The maximum atomic E-state index is 12.3. The lowest BCUT2D eigenvalue weighted by Gasteiger charge is -2.44. The first-order valence-electron chi connectivity index (χ1n) is 16.6. The summed E-state index contributed by atoms with van der Waals surface area (Å²) in [4.78, 5) is 96.6. The van der Waals surface area contributed by atoms with Crippen LogP contribution in [-0.4, -0.2) is 122 Å². The van der Waals surface area contributed by atoms with Gasteiger partial charge >= 0.3 is 47.8 Å². The van der Waals surface area contributed by atoms with Gasteiger partial charge in [-0.2, -0.15) is 0 Å². The number of rotatable bonds is 14. The van der Waals surface area contributed by atoms with E-state index in [-0.39, 0.29) is 11.5 Å². The Morgan fingerprint density at radius 1 is 0.446 bits per heavy atom. The summed E-state index contributed by atoms with van der Waals surface area (Å²) in [5.74, 6) is -6.13. The number of hydrogen-bond acceptors (Lipinski definition) is 20. The zero-order valence-electron chi connectivity index (χ0n) is 31.3. The highest BCUT2D eigenvalue weighted by Gasteiger charge is 2.55. The zero-order valence-corrected chi connectivity index (χ0v) is 35.6. The van der Waals surface area contributed by atoms with Gasteiger partial charge in [0.2, 0.25) is 24.8 Å². The molecule has 310 valence electrons. The quantitative estimate of drug-likeness (QED) is 0.146. The van der Waals surface area contributed by atoms with Crippen molar-refractivity contribution in [3.63, 3.8) is 0 Å². The summed E-state index contributed by atoms with van der Waals surface area (Å²) in [6.07, 6.45) is -14.5. The molecule has 0 aromatic heterocycles. The van der Waals surface area contributed by atoms with E-state index >= 15 is 0 Å². The highest BCUT2D eigenvalue weighted by Crippen LogP contribution is 2.38. The van der Waals surface area contributed by atoms with Crippen LogP contribution in [0, 0.1) is 7.14 Å². The predicted molar refractivity (Wildman–Crippen MR) is 197 cm³/mol. The van der Waals surface area contributed by atoms with Crippen LogP contribution >= 0.6 is 45.2 Å². The Labute approximate surface area is 347 Å². The molecule has 3 rings (SSSR count). The van der Waals surface area contributed by atoms with E-state index in [0.717, 1.165) is 55.4 Å². The summed E-state index contributed by atoms with van der Waals surface area (Å²) in [5.41, 5.74) is 0. The first-order valence-corrected chi connectivity index (χ1v) is 18.8. The van der Waals surface area contributed by atoms with Crippen molar-refractivity contribution >= 4 is 92.9 Å². The Balaban J connectivity index is 2.05. The Morgan fingerprint density at radius 2 is 0.714 bits per heavy atom. The molecule has 2 heterocycles. The van der Waals surface area contributed by atoms with Crippen LogP contribution in [0.25, 0.3) is 0 Å². The van der Waals surface area contributed by atoms with Crippen LogP contribution in [0.2, 0.25) is 0 Å². The van der Waals surface area contributed by atoms with Crippen molar-refractivity contribution in [3.8, 4) is 11.5 Å². The fourth-order valence-corrected chi connectivity index (χ4v) is 6.64. The van der Waals surface area contributed by atoms with Crippen LogP contribution in [0.4, 0.5) is 0 Å². The lowest BCUT2D eigenvalue weighted by atomic mass is 9.98. The van der Waals surface area contributed by atoms with Crippen LogP contribution in [0.5, 0.6) is 11.5 Å². The molecule has 22 heteroatoms. The lowest BCUT2D eigenvalue weighted by Crippen LogP contribution is -2.63. The molecule has 56 heavy (non-hydrogen) atoms. The van der Waals surface area contributed by atoms with E-state index in [0.29, 0.717) is 7.14 Å². The molecule has 0 bridgehead atoms. The third kappa shape index (κ3) is 13.6. The van der Waals surface area contributed by atoms with Crippen molar-refractivity contribution < 1.29 is 95.2 Å². The third-order valence-electron chi connectivity index (χ3n) is 7.37. The second-order valence-electron chi connectivity index (χ2n) is 12.1. The number of halogens is 2. The van der Waals surface area contributed by atoms with E-state index < -0.39 is 122 Å². The zero-order chi connectivity index (χ0) is 42.0. The van der Waals surface area contributed by atoms with Gasteiger partial charge in [0.1, 0.15) is 36.9 Å². The lowest BCUT2D eigenvalue weighted by molar-refractivity contribution is -0.289. The molecule has 0 saturated carbocycles. The monoisotopic (exact) mass is 1020 g/mol. The number of esters is 8. The molecule has 20 nitrogen and oxygen atoms in total. The van der Waals surface area contributed by atoms with Crippen molar-refractivity contribution in [1.29, 1.82) is 0 Å². The van der Waals surface area contributed by atoms with Gasteiger partial charge in [0.15, 0.2) is 24.4 Å². The normalized spacial score (nSPS) is 27.0. The molecule has 1 aromatic rings. The third-order valence-corrected chi connectivity index (χ3v) is 9.06. The van der Waals surface area contributed by atoms with Crippen molar-refractivity contribution in [3.05, 3.63) is 19.3 Å². The van der Waals surface area contributed by atoms with Crippen LogP contribution in [0.15, 0.2) is 12.1 Å². The number of ether oxygens (including phenoxy) is 12. The first-order chi connectivity index (χ1) is 26.2. The average Bonchev–Trinajstić information content (AvgIpc) is 3.05. The van der Waals surface area contributed by atoms with Crippen molar-refractivity contribution in [2.45, 2.75) is 117 Å². The van der Waals surface area contributed by atoms with E-state index in [1.807, 2.05) is 45.2 Å². The fraction of sp³-hybridized carbons (Fsp3) is 0.588. The minimum atomic E-state index is -1.55. The molecular weight excluding hydrogens is 982 g/mol. The summed E-state index contributed by atoms with van der Waals surface area (Å²) in [5, 5.41) is 0. The molecule has 0 spiro atoms. The van der Waals surface area contributed by atoms with E-state index in [1.54, 1.807) is 0 Å². The van der Waals surface area contributed by atoms with Gasteiger partial charge in [0.05, 0.1) is 7.14 Å². The van der Waals surface area contributed by atoms with Gasteiger partial charge < -0.3 is 56.8 Å². The second kappa shape index (κ2) is 20.9. The largest absolute Gasteiger partial charge is 0.463 e. The van der Waals surface area contributed by atoms with Gasteiger partial charge in [-0.1, -0.05) is 0 Å². The number of benzene rings is 1. The van der Waals surface area contributed by atoms with Crippen molar-refractivity contribution in [2.75, 3.05) is 13.2 Å². The number of carbonyl (C=O) groups excluding carboxylic acids is 8. The maximum Gasteiger partial charge on any atom is 0.303 e. The molecule has 10 atom stereocenters. The highest BCUT2D eigenvalue weighted by atomic mass is 127. The Kier molecular flexibility index (Phi) is 17.3. The van der Waals surface area contributed by atoms with Gasteiger partial charge in [-0.05, 0) is 57.3 Å². The number of carbonyl (C=O) groups is 8. The summed E-state index contributed by atoms with van der Waals surface area (Å²) < 4.78 is 68.0. The summed E-state index contributed by atoms with van der Waals surface area (Å²) in [7, 11) is 0. The maximum absolute atomic E-state index is 12.3. The second-order valence-corrected chi connectivity index (χ2v) is 14.4. The minimum absolute atomic E-state index is 0.102. The van der Waals surface area contributed by atoms with Crippen LogP contribution in [0.1, 0.15) is 55.4 Å². The fourth-order valence-electron chi connectivity index (χ4n) is 5.51. The van der Waals surface area contributed by atoms with Crippen molar-refractivity contribution in [1.82, 2.24) is 0 Å². The molecular formula is C34H40I2O20. The molecule has 1 aromatic carbocycles. The molecule has 2 aliphatic rings. The Bertz CT molecular complexity index is 1550. The van der Waals surface area contributed by atoms with Gasteiger partial charge in [-0.15, -0.1) is 0 Å². The SMILES string of the molecule is CC(=O)OC[C@@H]1O[C@@H](Oc2cc(I)c(O[C@@H]3O[C@@H](COC(C)=O)[C@H](OC(C)=O)[C@@H](OC(C)=O)[C@@H]3OC(C)=O)cc2I)[C@@H](OC(C)=O)[C@H](OC(C)=O)[C@H]1OC(C)=O. The summed E-state index contributed by atoms with van der Waals surface area (Å²) in [6.45, 7) is 7.83. The molecule has 2 aliphatic heterocycles. The van der Waals surface area contributed by atoms with Crippen LogP contribution in [-0.2, 0) is 85.7 Å². The molecule has 0 aliphatic carbocycles. The van der Waals surface area contributed by atoms with Crippen LogP contribution < -0.4 is 9.47 Å². The van der Waals surface area contributed by atoms with E-state index in [9.17, 15) is 38.4 Å². The van der Waals surface area contributed by atoms with Gasteiger partial charge in [0.25, 0.3) is 0 Å². The van der Waals surface area contributed by atoms with Gasteiger partial charge in [0, 0.05) is 55.4 Å². The summed E-state index contributed by atoms with van der Waals surface area (Å²) >= 11 is 3.76. The van der Waals surface area contributed by atoms with E-state index in [4.69, 9.17) is 56.8 Å². The Hall–Kier alpha value is -4.04. The van der Waals surface area contributed by atoms with E-state index in [1.165, 1.54) is 12.1 Å². The van der Waals surface area contributed by atoms with Gasteiger partial charge in [-0.3, -0.25) is 38.4 Å².